The van der Waals surface area contributed by atoms with Crippen molar-refractivity contribution in [3.8, 4) is 17.1 Å². The van der Waals surface area contributed by atoms with Crippen LogP contribution in [0, 0.1) is 6.92 Å². The fraction of sp³-hybridized carbons (Fsp3) is 0.357. The Morgan fingerprint density at radius 2 is 2.05 bits per heavy atom. The predicted molar refractivity (Wildman–Crippen MR) is 72.9 cm³/mol. The van der Waals surface area contributed by atoms with Crippen LogP contribution in [-0.2, 0) is 0 Å². The minimum absolute atomic E-state index is 0.455. The zero-order valence-corrected chi connectivity index (χ0v) is 11.1. The zero-order chi connectivity index (χ0) is 13.4. The number of ether oxygens (including phenoxy) is 1. The highest BCUT2D eigenvalue weighted by Crippen LogP contribution is 2.40. The highest BCUT2D eigenvalue weighted by Gasteiger charge is 2.28. The van der Waals surface area contributed by atoms with E-state index in [1.807, 2.05) is 19.1 Å². The lowest BCUT2D eigenvalue weighted by atomic mass is 10.1. The molecule has 0 bridgehead atoms. The fourth-order valence-electron chi connectivity index (χ4n) is 2.04. The van der Waals surface area contributed by atoms with Crippen molar-refractivity contribution in [3.63, 3.8) is 0 Å². The summed E-state index contributed by atoms with van der Waals surface area (Å²) in [5.41, 5.74) is 8.34. The number of nitrogens with two attached hydrogens (primary N) is 1. The molecule has 5 heteroatoms. The summed E-state index contributed by atoms with van der Waals surface area (Å²) in [6.07, 6.45) is 4.01. The predicted octanol–water partition coefficient (Wildman–Crippen LogP) is 2.32. The van der Waals surface area contributed by atoms with Gasteiger partial charge in [0.15, 0.2) is 0 Å². The van der Waals surface area contributed by atoms with E-state index in [4.69, 9.17) is 10.5 Å². The highest BCUT2D eigenvalue weighted by atomic mass is 16.5. The first-order chi connectivity index (χ1) is 9.20. The van der Waals surface area contributed by atoms with Gasteiger partial charge in [-0.1, -0.05) is 0 Å². The lowest BCUT2D eigenvalue weighted by Gasteiger charge is -2.11. The molecule has 0 atom stereocenters. The molecule has 3 rings (SSSR count). The summed E-state index contributed by atoms with van der Waals surface area (Å²) >= 11 is 0. The zero-order valence-electron chi connectivity index (χ0n) is 11.1. The Bertz CT molecular complexity index is 623. The van der Waals surface area contributed by atoms with Gasteiger partial charge in [-0.15, -0.1) is 0 Å². The molecule has 1 aliphatic carbocycles. The molecule has 2 aromatic heterocycles. The van der Waals surface area contributed by atoms with Gasteiger partial charge in [-0.05, 0) is 31.9 Å². The molecule has 0 spiro atoms. The normalized spacial score (nSPS) is 14.4. The number of hydrogen-bond donors (Lipinski definition) is 1. The molecule has 0 amide bonds. The number of nitrogen functional groups attached to an aromatic ring is 1. The van der Waals surface area contributed by atoms with E-state index < -0.39 is 0 Å². The van der Waals surface area contributed by atoms with Crippen LogP contribution in [0.4, 0.5) is 5.82 Å². The van der Waals surface area contributed by atoms with E-state index in [0.29, 0.717) is 17.5 Å². The maximum absolute atomic E-state index is 6.00. The van der Waals surface area contributed by atoms with Crippen molar-refractivity contribution in [1.82, 2.24) is 15.0 Å². The number of aromatic nitrogens is 3. The van der Waals surface area contributed by atoms with Gasteiger partial charge in [-0.2, -0.15) is 0 Å². The van der Waals surface area contributed by atoms with Crippen LogP contribution >= 0.6 is 0 Å². The maximum atomic E-state index is 6.00. The van der Waals surface area contributed by atoms with E-state index in [2.05, 4.69) is 15.0 Å². The third-order valence-corrected chi connectivity index (χ3v) is 3.36. The van der Waals surface area contributed by atoms with Gasteiger partial charge in [0, 0.05) is 17.7 Å². The van der Waals surface area contributed by atoms with E-state index in [9.17, 15) is 0 Å². The minimum atomic E-state index is 0.455. The largest absolute Gasteiger partial charge is 0.494 e. The molecule has 0 aliphatic heterocycles. The number of methoxy groups -OCH3 is 1. The lowest BCUT2D eigenvalue weighted by molar-refractivity contribution is 0.414. The van der Waals surface area contributed by atoms with E-state index in [1.165, 1.54) is 0 Å². The molecule has 0 radical (unpaired) electrons. The number of nitrogens with zero attached hydrogens (tertiary/aromatic N) is 3. The molecule has 0 saturated heterocycles. The van der Waals surface area contributed by atoms with Gasteiger partial charge in [0.1, 0.15) is 28.8 Å². The van der Waals surface area contributed by atoms with Crippen molar-refractivity contribution >= 4 is 5.82 Å². The molecule has 2 heterocycles. The van der Waals surface area contributed by atoms with Crippen molar-refractivity contribution < 1.29 is 4.74 Å². The van der Waals surface area contributed by atoms with Crippen LogP contribution in [0.3, 0.4) is 0 Å². The summed E-state index contributed by atoms with van der Waals surface area (Å²) < 4.78 is 5.35. The van der Waals surface area contributed by atoms with Crippen LogP contribution in [0.15, 0.2) is 18.3 Å². The third-order valence-electron chi connectivity index (χ3n) is 3.36. The highest BCUT2D eigenvalue weighted by molar-refractivity contribution is 5.69. The first-order valence-corrected chi connectivity index (χ1v) is 6.34. The molecule has 0 unspecified atom stereocenters. The Hall–Kier alpha value is -2.17. The van der Waals surface area contributed by atoms with Crippen LogP contribution in [0.2, 0.25) is 0 Å². The van der Waals surface area contributed by atoms with Gasteiger partial charge < -0.3 is 10.5 Å². The maximum Gasteiger partial charge on any atom is 0.146 e. The number of hydrogen-bond acceptors (Lipinski definition) is 5. The molecule has 98 valence electrons. The summed E-state index contributed by atoms with van der Waals surface area (Å²) in [6, 6.07) is 3.71. The van der Waals surface area contributed by atoms with Gasteiger partial charge in [0.25, 0.3) is 0 Å². The van der Waals surface area contributed by atoms with Gasteiger partial charge in [-0.25, -0.2) is 9.97 Å². The molecule has 1 fully saturated rings. The second kappa shape index (κ2) is 4.50. The van der Waals surface area contributed by atoms with Crippen molar-refractivity contribution in [1.29, 1.82) is 0 Å². The molecule has 2 aromatic rings. The summed E-state index contributed by atoms with van der Waals surface area (Å²) in [5, 5.41) is 0. The number of rotatable bonds is 3. The lowest BCUT2D eigenvalue weighted by Crippen LogP contribution is -2.05. The molecule has 0 aromatic carbocycles. The first-order valence-electron chi connectivity index (χ1n) is 6.34. The average Bonchev–Trinajstić information content (AvgIpc) is 3.26. The Labute approximate surface area is 111 Å². The molecule has 19 heavy (non-hydrogen) atoms. The van der Waals surface area contributed by atoms with E-state index >= 15 is 0 Å². The van der Waals surface area contributed by atoms with Gasteiger partial charge >= 0.3 is 0 Å². The fourth-order valence-corrected chi connectivity index (χ4v) is 2.04. The van der Waals surface area contributed by atoms with Crippen LogP contribution < -0.4 is 10.5 Å². The second-order valence-corrected chi connectivity index (χ2v) is 4.77. The third kappa shape index (κ3) is 2.12. The van der Waals surface area contributed by atoms with Crippen LogP contribution in [-0.4, -0.2) is 22.1 Å². The smallest absolute Gasteiger partial charge is 0.146 e. The first kappa shape index (κ1) is 11.9. The quantitative estimate of drug-likeness (QED) is 0.912. The summed E-state index contributed by atoms with van der Waals surface area (Å²) in [4.78, 5) is 13.4. The van der Waals surface area contributed by atoms with Gasteiger partial charge in [0.2, 0.25) is 0 Å². The summed E-state index contributed by atoms with van der Waals surface area (Å²) in [6.45, 7) is 1.91. The van der Waals surface area contributed by atoms with Crippen molar-refractivity contribution in [2.45, 2.75) is 25.7 Å². The molecular formula is C14H16N4O. The number of pyridine rings is 1. The van der Waals surface area contributed by atoms with Crippen LogP contribution in [0.25, 0.3) is 11.4 Å². The Balaban J connectivity index is 2.17. The van der Waals surface area contributed by atoms with Crippen molar-refractivity contribution in [2.75, 3.05) is 12.8 Å². The SMILES string of the molecule is COc1cccnc1-c1nc(C2CC2)nc(N)c1C. The number of anilines is 1. The average molecular weight is 256 g/mol. The summed E-state index contributed by atoms with van der Waals surface area (Å²) in [5.74, 6) is 2.51. The standard InChI is InChI=1S/C14H16N4O/c1-8-11(12-10(19-2)4-3-7-16-12)17-14(9-5-6-9)18-13(8)15/h3-4,7,9H,5-6H2,1-2H3,(H2,15,17,18). The Kier molecular flexibility index (Phi) is 2.81. The monoisotopic (exact) mass is 256 g/mol. The van der Waals surface area contributed by atoms with Crippen LogP contribution in [0.1, 0.15) is 30.1 Å². The molecule has 2 N–H and O–H groups in total. The Morgan fingerprint density at radius 1 is 1.26 bits per heavy atom. The molecule has 1 aliphatic rings. The van der Waals surface area contributed by atoms with Gasteiger partial charge in [0.05, 0.1) is 7.11 Å². The molecule has 1 saturated carbocycles. The van der Waals surface area contributed by atoms with E-state index in [1.54, 1.807) is 13.3 Å². The van der Waals surface area contributed by atoms with E-state index in [0.717, 1.165) is 35.6 Å². The molecular weight excluding hydrogens is 240 g/mol. The van der Waals surface area contributed by atoms with Crippen LogP contribution in [0.5, 0.6) is 5.75 Å². The second-order valence-electron chi connectivity index (χ2n) is 4.77. The minimum Gasteiger partial charge on any atom is -0.494 e. The topological polar surface area (TPSA) is 73.9 Å². The van der Waals surface area contributed by atoms with Gasteiger partial charge in [-0.3, -0.25) is 4.98 Å². The Morgan fingerprint density at radius 3 is 2.74 bits per heavy atom. The van der Waals surface area contributed by atoms with Crippen molar-refractivity contribution in [3.05, 3.63) is 29.7 Å². The van der Waals surface area contributed by atoms with E-state index in [-0.39, 0.29) is 0 Å². The van der Waals surface area contributed by atoms with Crippen molar-refractivity contribution in [2.24, 2.45) is 0 Å². The summed E-state index contributed by atoms with van der Waals surface area (Å²) in [7, 11) is 1.63. The molecule has 5 nitrogen and oxygen atoms in total.